The van der Waals surface area contributed by atoms with Crippen molar-refractivity contribution in [2.45, 2.75) is 6.92 Å². The van der Waals surface area contributed by atoms with E-state index in [1.54, 1.807) is 48.5 Å². The predicted octanol–water partition coefficient (Wildman–Crippen LogP) is 8.26. The molecule has 0 aromatic heterocycles. The van der Waals surface area contributed by atoms with Crippen LogP contribution in [-0.2, 0) is 24.2 Å². The van der Waals surface area contributed by atoms with Gasteiger partial charge in [-0.05, 0) is 24.3 Å². The fourth-order valence-corrected chi connectivity index (χ4v) is 3.00. The molecule has 0 unspecified atom stereocenters. The van der Waals surface area contributed by atoms with E-state index in [9.17, 15) is 0 Å². The standard InChI is InChI=1S/2C9H7.2C6H6O.C2H4.Zr/c2*1-2-5-9-7-3-6-8(9)4-1;2*7-6-4-2-1-3-5-6;1-2;/h2*1-7H;2*1-5,7H;1H,2H3;/q2*-1;;;;+2. The van der Waals surface area contributed by atoms with Crippen LogP contribution in [0.25, 0.3) is 21.5 Å². The van der Waals surface area contributed by atoms with Crippen molar-refractivity contribution in [1.82, 2.24) is 0 Å². The van der Waals surface area contributed by atoms with Crippen LogP contribution in [0.2, 0.25) is 0 Å². The quantitative estimate of drug-likeness (QED) is 0.192. The summed E-state index contributed by atoms with van der Waals surface area (Å²) in [6.07, 6.45) is 0. The molecule has 6 aromatic rings. The molecule has 0 aliphatic carbocycles. The zero-order valence-electron chi connectivity index (χ0n) is 19.8. The average Bonchev–Trinajstić information content (AvgIpc) is 3.56. The van der Waals surface area contributed by atoms with Crippen molar-refractivity contribution in [1.29, 1.82) is 0 Å². The maximum absolute atomic E-state index is 8.63. The Morgan fingerprint density at radius 2 is 0.829 bits per heavy atom. The van der Waals surface area contributed by atoms with E-state index in [4.69, 9.17) is 10.2 Å². The van der Waals surface area contributed by atoms with Crippen LogP contribution in [0.1, 0.15) is 6.92 Å². The zero-order chi connectivity index (χ0) is 25.1. The maximum Gasteiger partial charge on any atom is 0.115 e. The molecule has 2 nitrogen and oxygen atoms in total. The Morgan fingerprint density at radius 1 is 0.514 bits per heavy atom. The number of benzene rings is 4. The van der Waals surface area contributed by atoms with Gasteiger partial charge in [0.25, 0.3) is 0 Å². The fourth-order valence-electron chi connectivity index (χ4n) is 3.00. The second kappa shape index (κ2) is 17.0. The molecule has 0 fully saturated rings. The summed E-state index contributed by atoms with van der Waals surface area (Å²) in [6.45, 7) is 2.04. The van der Waals surface area contributed by atoms with E-state index >= 15 is 0 Å². The van der Waals surface area contributed by atoms with Gasteiger partial charge in [-0.2, -0.15) is 35.0 Å². The van der Waals surface area contributed by atoms with Crippen LogP contribution in [0, 0.1) is 0 Å². The Hall–Kier alpha value is -3.55. The third-order valence-electron chi connectivity index (χ3n) is 4.61. The monoisotopic (exact) mass is 536 g/mol. The molecule has 0 radical (unpaired) electrons. The Kier molecular flexibility index (Phi) is 13.4. The van der Waals surface area contributed by atoms with Gasteiger partial charge in [-0.25, -0.2) is 0 Å². The van der Waals surface area contributed by atoms with Crippen molar-refractivity contribution in [3.05, 3.63) is 146 Å². The summed E-state index contributed by atoms with van der Waals surface area (Å²) in [5.74, 6) is 0.644. The summed E-state index contributed by atoms with van der Waals surface area (Å²) >= 11 is 1.51. The van der Waals surface area contributed by atoms with E-state index in [1.165, 1.54) is 45.8 Å². The molecule has 35 heavy (non-hydrogen) atoms. The Labute approximate surface area is 222 Å². The van der Waals surface area contributed by atoms with Crippen LogP contribution in [0.5, 0.6) is 11.5 Å². The largest absolute Gasteiger partial charge is 0.508 e. The minimum atomic E-state index is 0.322. The number of phenolic OH excluding ortho intramolecular Hbond substituents is 2. The molecule has 174 valence electrons. The average molecular weight is 538 g/mol. The van der Waals surface area contributed by atoms with E-state index in [0.717, 1.165) is 0 Å². The van der Waals surface area contributed by atoms with Gasteiger partial charge in [0.1, 0.15) is 11.5 Å². The number of fused-ring (bicyclic) bond motifs is 2. The minimum absolute atomic E-state index is 0.322. The van der Waals surface area contributed by atoms with Gasteiger partial charge in [0.2, 0.25) is 0 Å². The van der Waals surface area contributed by atoms with Crippen molar-refractivity contribution >= 4 is 25.3 Å². The third kappa shape index (κ3) is 11.4. The van der Waals surface area contributed by atoms with Crippen molar-refractivity contribution in [3.63, 3.8) is 0 Å². The summed E-state index contributed by atoms with van der Waals surface area (Å²) in [4.78, 5) is 0. The topological polar surface area (TPSA) is 40.5 Å². The van der Waals surface area contributed by atoms with Crippen LogP contribution in [0.4, 0.5) is 0 Å². The van der Waals surface area contributed by atoms with Gasteiger partial charge in [-0.1, -0.05) is 48.5 Å². The molecule has 0 bridgehead atoms. The zero-order valence-corrected chi connectivity index (χ0v) is 22.3. The summed E-state index contributed by atoms with van der Waals surface area (Å²) in [6, 6.07) is 46.8. The second-order valence-corrected chi connectivity index (χ2v) is 8.69. The predicted molar refractivity (Wildman–Crippen MR) is 147 cm³/mol. The molecular weight excluding hydrogens is 508 g/mol. The van der Waals surface area contributed by atoms with Crippen LogP contribution in [-0.4, -0.2) is 13.9 Å². The first kappa shape index (κ1) is 27.7. The van der Waals surface area contributed by atoms with Gasteiger partial charge in [0.15, 0.2) is 0 Å². The molecule has 0 saturated heterocycles. The molecule has 6 aromatic carbocycles. The van der Waals surface area contributed by atoms with Crippen LogP contribution < -0.4 is 0 Å². The van der Waals surface area contributed by atoms with Crippen molar-refractivity contribution in [2.75, 3.05) is 0 Å². The Morgan fingerprint density at radius 3 is 1.11 bits per heavy atom. The molecule has 0 aliphatic heterocycles. The second-order valence-electron chi connectivity index (χ2n) is 7.27. The van der Waals surface area contributed by atoms with Crippen LogP contribution in [0.3, 0.4) is 0 Å². The van der Waals surface area contributed by atoms with Crippen molar-refractivity contribution in [3.8, 4) is 11.5 Å². The molecule has 3 heteroatoms. The van der Waals surface area contributed by atoms with E-state index < -0.39 is 0 Å². The van der Waals surface area contributed by atoms with Gasteiger partial charge in [0.05, 0.1) is 0 Å². The summed E-state index contributed by atoms with van der Waals surface area (Å²) in [5, 5.41) is 22.6. The Bertz CT molecular complexity index is 1170. The summed E-state index contributed by atoms with van der Waals surface area (Å²) in [5.41, 5.74) is 0. The molecule has 2 N–H and O–H groups in total. The number of hydrogen-bond acceptors (Lipinski definition) is 2. The SMILES string of the molecule is C[CH]=[Zr+2].Oc1ccccc1.Oc1ccccc1.c1ccc2[cH-]ccc2c1.c1ccc2[cH-]ccc2c1. The van der Waals surface area contributed by atoms with Crippen molar-refractivity contribution in [2.24, 2.45) is 0 Å². The molecule has 0 amide bonds. The van der Waals surface area contributed by atoms with Gasteiger partial charge in [-0.15, -0.1) is 59.3 Å². The number of aromatic hydroxyl groups is 2. The first-order valence-corrected chi connectivity index (χ1v) is 12.7. The first-order chi connectivity index (χ1) is 17.1. The number of hydrogen-bond donors (Lipinski definition) is 2. The Balaban J connectivity index is 0.000000160. The normalized spacial score (nSPS) is 9.11. The van der Waals surface area contributed by atoms with Crippen LogP contribution >= 0.6 is 0 Å². The molecule has 0 atom stereocenters. The van der Waals surface area contributed by atoms with Gasteiger partial charge < -0.3 is 10.2 Å². The number of para-hydroxylation sites is 2. The molecule has 0 heterocycles. The molecular formula is C32H30O2Zr. The van der Waals surface area contributed by atoms with Gasteiger partial charge in [0, 0.05) is 0 Å². The van der Waals surface area contributed by atoms with Gasteiger partial charge in [-0.3, -0.25) is 0 Å². The van der Waals surface area contributed by atoms with Gasteiger partial charge >= 0.3 is 34.9 Å². The summed E-state index contributed by atoms with van der Waals surface area (Å²) < 4.78 is 2.09. The molecule has 6 rings (SSSR count). The number of rotatable bonds is 0. The van der Waals surface area contributed by atoms with E-state index in [-0.39, 0.29) is 0 Å². The fraction of sp³-hybridized carbons (Fsp3) is 0.0312. The third-order valence-corrected chi connectivity index (χ3v) is 4.61. The maximum atomic E-state index is 8.63. The molecule has 0 spiro atoms. The number of phenols is 2. The van der Waals surface area contributed by atoms with E-state index in [2.05, 4.69) is 88.6 Å². The van der Waals surface area contributed by atoms with Crippen molar-refractivity contribution < 1.29 is 34.4 Å². The molecule has 0 saturated carbocycles. The van der Waals surface area contributed by atoms with E-state index in [0.29, 0.717) is 11.5 Å². The molecule has 0 aliphatic rings. The minimum Gasteiger partial charge on any atom is -0.508 e. The van der Waals surface area contributed by atoms with Crippen LogP contribution in [0.15, 0.2) is 146 Å². The van der Waals surface area contributed by atoms with E-state index in [1.807, 2.05) is 19.1 Å². The first-order valence-electron chi connectivity index (χ1n) is 11.3. The smallest absolute Gasteiger partial charge is 0.115 e. The summed E-state index contributed by atoms with van der Waals surface area (Å²) in [7, 11) is 0.